The van der Waals surface area contributed by atoms with Gasteiger partial charge in [0, 0.05) is 43.3 Å². The number of piperazine rings is 1. The van der Waals surface area contributed by atoms with Crippen LogP contribution in [0.3, 0.4) is 0 Å². The minimum Gasteiger partial charge on any atom is -0.353 e. The van der Waals surface area contributed by atoms with Crippen LogP contribution in [-0.4, -0.2) is 52.0 Å². The third-order valence-electron chi connectivity index (χ3n) is 5.28. The van der Waals surface area contributed by atoms with E-state index in [0.29, 0.717) is 22.4 Å². The SMILES string of the molecule is O=C(Nc1cnc(N2CCN(c3ccccn3)CC2)cn1)c1cc2cc(F)ccc2[nH]1. The second kappa shape index (κ2) is 8.02. The molecule has 0 saturated carbocycles. The summed E-state index contributed by atoms with van der Waals surface area (Å²) < 4.78 is 13.4. The number of nitrogens with zero attached hydrogens (tertiary/aromatic N) is 5. The number of H-pyrrole nitrogens is 1. The maximum Gasteiger partial charge on any atom is 0.273 e. The summed E-state index contributed by atoms with van der Waals surface area (Å²) in [6.07, 6.45) is 5.00. The van der Waals surface area contributed by atoms with Crippen molar-refractivity contribution in [2.24, 2.45) is 0 Å². The summed E-state index contributed by atoms with van der Waals surface area (Å²) in [5.74, 6) is 1.39. The number of halogens is 1. The number of carbonyl (C=O) groups excluding carboxylic acids is 1. The van der Waals surface area contributed by atoms with Gasteiger partial charge in [0.1, 0.15) is 23.1 Å². The van der Waals surface area contributed by atoms with Gasteiger partial charge in [-0.05, 0) is 36.4 Å². The summed E-state index contributed by atoms with van der Waals surface area (Å²) >= 11 is 0. The molecule has 1 aliphatic rings. The Bertz CT molecular complexity index is 1200. The average molecular weight is 417 g/mol. The molecule has 4 heterocycles. The summed E-state index contributed by atoms with van der Waals surface area (Å²) in [6.45, 7) is 3.31. The van der Waals surface area contributed by atoms with Crippen LogP contribution in [0, 0.1) is 5.82 Å². The Labute approximate surface area is 177 Å². The lowest BCUT2D eigenvalue weighted by Gasteiger charge is -2.35. The molecule has 2 N–H and O–H groups in total. The largest absolute Gasteiger partial charge is 0.353 e. The number of amides is 1. The van der Waals surface area contributed by atoms with Gasteiger partial charge in [-0.1, -0.05) is 6.07 Å². The van der Waals surface area contributed by atoms with Crippen LogP contribution in [0.1, 0.15) is 10.5 Å². The van der Waals surface area contributed by atoms with Crippen molar-refractivity contribution in [3.05, 3.63) is 72.6 Å². The Morgan fingerprint density at radius 2 is 1.74 bits per heavy atom. The fourth-order valence-electron chi connectivity index (χ4n) is 3.66. The van der Waals surface area contributed by atoms with Gasteiger partial charge >= 0.3 is 0 Å². The van der Waals surface area contributed by atoms with Gasteiger partial charge in [0.2, 0.25) is 0 Å². The Morgan fingerprint density at radius 1 is 0.935 bits per heavy atom. The molecule has 1 aromatic carbocycles. The standard InChI is InChI=1S/C22H20FN7O/c23-16-4-5-17-15(11-16)12-18(27-17)22(31)28-19-13-26-21(14-25-19)30-9-7-29(8-10-30)20-3-1-2-6-24-20/h1-6,11-14,27H,7-10H2,(H,25,28,31). The van der Waals surface area contributed by atoms with E-state index in [1.54, 1.807) is 30.7 Å². The molecular formula is C22H20FN7O. The molecule has 0 aliphatic carbocycles. The van der Waals surface area contributed by atoms with Crippen LogP contribution >= 0.6 is 0 Å². The number of aromatic nitrogens is 4. The number of carbonyl (C=O) groups is 1. The van der Waals surface area contributed by atoms with Crippen LogP contribution in [-0.2, 0) is 0 Å². The molecule has 1 aliphatic heterocycles. The third kappa shape index (κ3) is 4.02. The van der Waals surface area contributed by atoms with E-state index in [-0.39, 0.29) is 11.7 Å². The van der Waals surface area contributed by atoms with Gasteiger partial charge in [-0.3, -0.25) is 4.79 Å². The highest BCUT2D eigenvalue weighted by molar-refractivity contribution is 6.05. The number of anilines is 3. The molecule has 1 amide bonds. The van der Waals surface area contributed by atoms with Gasteiger partial charge in [0.25, 0.3) is 5.91 Å². The van der Waals surface area contributed by atoms with E-state index in [1.165, 1.54) is 12.1 Å². The summed E-state index contributed by atoms with van der Waals surface area (Å²) in [4.78, 5) is 33.1. The van der Waals surface area contributed by atoms with Gasteiger partial charge in [0.15, 0.2) is 5.82 Å². The van der Waals surface area contributed by atoms with Crippen molar-refractivity contribution in [2.75, 3.05) is 41.3 Å². The van der Waals surface area contributed by atoms with E-state index < -0.39 is 0 Å². The third-order valence-corrected chi connectivity index (χ3v) is 5.28. The summed E-state index contributed by atoms with van der Waals surface area (Å²) in [6, 6.07) is 11.8. The molecule has 0 unspecified atom stereocenters. The van der Waals surface area contributed by atoms with Crippen molar-refractivity contribution in [3.63, 3.8) is 0 Å². The maximum absolute atomic E-state index is 13.4. The van der Waals surface area contributed by atoms with Crippen LogP contribution < -0.4 is 15.1 Å². The predicted molar refractivity (Wildman–Crippen MR) is 117 cm³/mol. The maximum atomic E-state index is 13.4. The van der Waals surface area contributed by atoms with Gasteiger partial charge in [-0.15, -0.1) is 0 Å². The number of hydrogen-bond donors (Lipinski definition) is 2. The molecular weight excluding hydrogens is 397 g/mol. The number of hydrogen-bond acceptors (Lipinski definition) is 6. The van der Waals surface area contributed by atoms with Crippen LogP contribution in [0.25, 0.3) is 10.9 Å². The minimum absolute atomic E-state index is 0.331. The predicted octanol–water partition coefficient (Wildman–Crippen LogP) is 3.07. The molecule has 0 radical (unpaired) electrons. The lowest BCUT2D eigenvalue weighted by Crippen LogP contribution is -2.47. The smallest absolute Gasteiger partial charge is 0.273 e. The zero-order chi connectivity index (χ0) is 21.2. The molecule has 4 aromatic rings. The second-order valence-corrected chi connectivity index (χ2v) is 7.29. The first kappa shape index (κ1) is 19.0. The Hall–Kier alpha value is -4.01. The molecule has 0 atom stereocenters. The highest BCUT2D eigenvalue weighted by Crippen LogP contribution is 2.19. The van der Waals surface area contributed by atoms with Crippen LogP contribution in [0.4, 0.5) is 21.8 Å². The zero-order valence-electron chi connectivity index (χ0n) is 16.6. The van der Waals surface area contributed by atoms with Gasteiger partial charge in [-0.25, -0.2) is 19.3 Å². The first-order valence-corrected chi connectivity index (χ1v) is 9.98. The lowest BCUT2D eigenvalue weighted by atomic mass is 10.2. The van der Waals surface area contributed by atoms with E-state index >= 15 is 0 Å². The molecule has 156 valence electrons. The molecule has 0 spiro atoms. The summed E-state index contributed by atoms with van der Waals surface area (Å²) in [5.41, 5.74) is 1.02. The van der Waals surface area contributed by atoms with E-state index in [9.17, 15) is 9.18 Å². The van der Waals surface area contributed by atoms with Crippen LogP contribution in [0.15, 0.2) is 61.1 Å². The average Bonchev–Trinajstić information content (AvgIpc) is 3.24. The Balaban J connectivity index is 1.21. The van der Waals surface area contributed by atoms with E-state index in [2.05, 4.69) is 35.1 Å². The number of pyridine rings is 1. The van der Waals surface area contributed by atoms with Crippen molar-refractivity contribution < 1.29 is 9.18 Å². The molecule has 5 rings (SSSR count). The zero-order valence-corrected chi connectivity index (χ0v) is 16.6. The van der Waals surface area contributed by atoms with E-state index in [1.807, 2.05) is 18.2 Å². The first-order chi connectivity index (χ1) is 15.2. The second-order valence-electron chi connectivity index (χ2n) is 7.29. The van der Waals surface area contributed by atoms with Crippen LogP contribution in [0.2, 0.25) is 0 Å². The molecule has 31 heavy (non-hydrogen) atoms. The monoisotopic (exact) mass is 417 g/mol. The number of rotatable bonds is 4. The lowest BCUT2D eigenvalue weighted by molar-refractivity contribution is 0.102. The van der Waals surface area contributed by atoms with Crippen LogP contribution in [0.5, 0.6) is 0 Å². The molecule has 3 aromatic heterocycles. The van der Waals surface area contributed by atoms with Crippen molar-refractivity contribution in [1.29, 1.82) is 0 Å². The van der Waals surface area contributed by atoms with Gasteiger partial charge < -0.3 is 20.1 Å². The first-order valence-electron chi connectivity index (χ1n) is 9.98. The normalized spacial score (nSPS) is 14.1. The van der Waals surface area contributed by atoms with Gasteiger partial charge in [-0.2, -0.15) is 0 Å². The van der Waals surface area contributed by atoms with Crippen molar-refractivity contribution in [1.82, 2.24) is 19.9 Å². The molecule has 9 heteroatoms. The van der Waals surface area contributed by atoms with Crippen molar-refractivity contribution in [3.8, 4) is 0 Å². The highest BCUT2D eigenvalue weighted by atomic mass is 19.1. The fraction of sp³-hybridized carbons (Fsp3) is 0.182. The molecule has 1 saturated heterocycles. The number of benzene rings is 1. The van der Waals surface area contributed by atoms with Crippen molar-refractivity contribution >= 4 is 34.3 Å². The fourth-order valence-corrected chi connectivity index (χ4v) is 3.66. The number of nitrogens with one attached hydrogen (secondary N) is 2. The van der Waals surface area contributed by atoms with E-state index in [4.69, 9.17) is 0 Å². The highest BCUT2D eigenvalue weighted by Gasteiger charge is 2.19. The quantitative estimate of drug-likeness (QED) is 0.530. The van der Waals surface area contributed by atoms with E-state index in [0.717, 1.165) is 37.8 Å². The van der Waals surface area contributed by atoms with Crippen molar-refractivity contribution in [2.45, 2.75) is 0 Å². The Kier molecular flexibility index (Phi) is 4.91. The molecule has 1 fully saturated rings. The number of fused-ring (bicyclic) bond motifs is 1. The summed E-state index contributed by atoms with van der Waals surface area (Å²) in [7, 11) is 0. The topological polar surface area (TPSA) is 90.0 Å². The Morgan fingerprint density at radius 3 is 2.45 bits per heavy atom. The molecule has 8 nitrogen and oxygen atoms in total. The minimum atomic E-state index is -0.359. The summed E-state index contributed by atoms with van der Waals surface area (Å²) in [5, 5.41) is 3.36. The molecule has 0 bridgehead atoms. The van der Waals surface area contributed by atoms with Gasteiger partial charge in [0.05, 0.1) is 12.4 Å². The number of aromatic amines is 1.